The number of likely N-dealkylation sites (tertiary alicyclic amines) is 1. The van der Waals surface area contributed by atoms with E-state index in [9.17, 15) is 9.59 Å². The molecule has 170 valence electrons. The molecule has 1 aliphatic heterocycles. The van der Waals surface area contributed by atoms with Crippen molar-refractivity contribution >= 4 is 44.4 Å². The van der Waals surface area contributed by atoms with Crippen LogP contribution in [0.3, 0.4) is 0 Å². The molecule has 5 rings (SSSR count). The third kappa shape index (κ3) is 3.73. The second-order valence-electron chi connectivity index (χ2n) is 7.96. The summed E-state index contributed by atoms with van der Waals surface area (Å²) in [4.78, 5) is 32.1. The zero-order chi connectivity index (χ0) is 23.1. The number of ether oxygens (including phenoxy) is 2. The first-order chi connectivity index (χ1) is 16.0. The quantitative estimate of drug-likeness (QED) is 0.471. The van der Waals surface area contributed by atoms with Crippen molar-refractivity contribution in [2.75, 3.05) is 20.7 Å². The minimum Gasteiger partial charge on any atom is -0.456 e. The first-order valence-electron chi connectivity index (χ1n) is 10.7. The molecule has 1 fully saturated rings. The van der Waals surface area contributed by atoms with Gasteiger partial charge in [-0.2, -0.15) is 0 Å². The Morgan fingerprint density at radius 1 is 1.21 bits per heavy atom. The molecule has 4 heterocycles. The number of nitrogens with one attached hydrogen (secondary N) is 1. The van der Waals surface area contributed by atoms with Gasteiger partial charge in [0.05, 0.1) is 20.6 Å². The lowest BCUT2D eigenvalue weighted by Gasteiger charge is -2.22. The van der Waals surface area contributed by atoms with Gasteiger partial charge in [0.15, 0.2) is 0 Å². The minimum atomic E-state index is -0.184. The van der Waals surface area contributed by atoms with Gasteiger partial charge in [0, 0.05) is 44.0 Å². The zero-order valence-electron chi connectivity index (χ0n) is 18.6. The molecule has 0 bridgehead atoms. The van der Waals surface area contributed by atoms with Gasteiger partial charge in [-0.15, -0.1) is 11.3 Å². The summed E-state index contributed by atoms with van der Waals surface area (Å²) in [5.41, 5.74) is 2.36. The van der Waals surface area contributed by atoms with Crippen LogP contribution in [-0.2, 0) is 4.74 Å². The lowest BCUT2D eigenvalue weighted by atomic mass is 10.2. The minimum absolute atomic E-state index is 0.0410. The number of nitrogens with zero attached hydrogens (tertiary/aromatic N) is 3. The smallest absolute Gasteiger partial charge is 0.325 e. The summed E-state index contributed by atoms with van der Waals surface area (Å²) < 4.78 is 14.1. The molecule has 33 heavy (non-hydrogen) atoms. The summed E-state index contributed by atoms with van der Waals surface area (Å²) in [6.07, 6.45) is 3.29. The molecule has 0 saturated carbocycles. The van der Waals surface area contributed by atoms with Crippen LogP contribution in [0, 0.1) is 6.92 Å². The molecule has 0 radical (unpaired) electrons. The number of amides is 2. The largest absolute Gasteiger partial charge is 0.456 e. The molecule has 1 aliphatic rings. The van der Waals surface area contributed by atoms with Crippen molar-refractivity contribution in [3.8, 4) is 11.5 Å². The van der Waals surface area contributed by atoms with Gasteiger partial charge in [-0.05, 0) is 50.1 Å². The van der Waals surface area contributed by atoms with E-state index in [-0.39, 0.29) is 18.2 Å². The normalized spacial score (nSPS) is 16.0. The van der Waals surface area contributed by atoms with E-state index in [1.807, 2.05) is 37.3 Å². The van der Waals surface area contributed by atoms with Gasteiger partial charge in [0.1, 0.15) is 17.7 Å². The number of rotatable bonds is 4. The highest BCUT2D eigenvalue weighted by atomic mass is 32.1. The van der Waals surface area contributed by atoms with Crippen LogP contribution in [0.2, 0.25) is 0 Å². The first-order valence-corrected chi connectivity index (χ1v) is 11.6. The number of aromatic nitrogens is 2. The number of carbonyl (C=O) groups excluding carboxylic acids is 2. The molecule has 1 N–H and O–H groups in total. The molecule has 8 nitrogen and oxygen atoms in total. The molecule has 4 aromatic rings. The molecule has 1 unspecified atom stereocenters. The van der Waals surface area contributed by atoms with Crippen LogP contribution in [-0.4, -0.2) is 53.3 Å². The number of carbonyl (C=O) groups is 2. The van der Waals surface area contributed by atoms with Crippen molar-refractivity contribution in [2.45, 2.75) is 26.0 Å². The van der Waals surface area contributed by atoms with Crippen molar-refractivity contribution in [3.63, 3.8) is 0 Å². The summed E-state index contributed by atoms with van der Waals surface area (Å²) >= 11 is 1.38. The van der Waals surface area contributed by atoms with Gasteiger partial charge < -0.3 is 19.7 Å². The highest BCUT2D eigenvalue weighted by Crippen LogP contribution is 2.37. The molecule has 3 aromatic heterocycles. The summed E-state index contributed by atoms with van der Waals surface area (Å²) in [5, 5.41) is 3.56. The molecule has 1 saturated heterocycles. The molecule has 0 spiro atoms. The molecule has 9 heteroatoms. The van der Waals surface area contributed by atoms with Crippen LogP contribution in [0.1, 0.15) is 28.2 Å². The highest BCUT2D eigenvalue weighted by molar-refractivity contribution is 7.21. The monoisotopic (exact) mass is 464 g/mol. The number of hydrogen-bond donors (Lipinski definition) is 1. The predicted octanol–water partition coefficient (Wildman–Crippen LogP) is 4.75. The topological polar surface area (TPSA) is 85.7 Å². The average Bonchev–Trinajstić information content (AvgIpc) is 3.54. The van der Waals surface area contributed by atoms with Crippen molar-refractivity contribution in [1.82, 2.24) is 19.8 Å². The summed E-state index contributed by atoms with van der Waals surface area (Å²) in [7, 11) is 3.24. The van der Waals surface area contributed by atoms with Crippen molar-refractivity contribution in [2.24, 2.45) is 0 Å². The van der Waals surface area contributed by atoms with Crippen molar-refractivity contribution in [3.05, 3.63) is 53.2 Å². The SMILES string of the molecule is CNC(=O)n1c(C)cc2cc(Oc3ccnc4cc(C(=O)N5CCCC5OC)sc34)ccc21. The predicted molar refractivity (Wildman–Crippen MR) is 127 cm³/mol. The van der Waals surface area contributed by atoms with E-state index in [0.717, 1.165) is 39.7 Å². The molecular weight excluding hydrogens is 440 g/mol. The molecule has 2 amide bonds. The Balaban J connectivity index is 1.46. The van der Waals surface area contributed by atoms with E-state index >= 15 is 0 Å². The van der Waals surface area contributed by atoms with Crippen LogP contribution in [0.5, 0.6) is 11.5 Å². The van der Waals surface area contributed by atoms with E-state index in [2.05, 4.69) is 10.3 Å². The Bertz CT molecular complexity index is 1380. The fourth-order valence-electron chi connectivity index (χ4n) is 4.36. The van der Waals surface area contributed by atoms with Crippen molar-refractivity contribution in [1.29, 1.82) is 0 Å². The number of benzene rings is 1. The van der Waals surface area contributed by atoms with Crippen molar-refractivity contribution < 1.29 is 19.1 Å². The molecule has 1 aromatic carbocycles. The lowest BCUT2D eigenvalue weighted by molar-refractivity contribution is 0.00195. The van der Waals surface area contributed by atoms with Crippen LogP contribution in [0.4, 0.5) is 4.79 Å². The van der Waals surface area contributed by atoms with Crippen LogP contribution in [0.15, 0.2) is 42.6 Å². The summed E-state index contributed by atoms with van der Waals surface area (Å²) in [6, 6.07) is 11.0. The van der Waals surface area contributed by atoms with Gasteiger partial charge in [0.2, 0.25) is 0 Å². The van der Waals surface area contributed by atoms with Crippen LogP contribution in [0.25, 0.3) is 21.1 Å². The third-order valence-corrected chi connectivity index (χ3v) is 7.05. The van der Waals surface area contributed by atoms with E-state index < -0.39 is 0 Å². The number of thiophene rings is 1. The summed E-state index contributed by atoms with van der Waals surface area (Å²) in [6.45, 7) is 2.58. The fraction of sp³-hybridized carbons (Fsp3) is 0.292. The maximum Gasteiger partial charge on any atom is 0.325 e. The summed E-state index contributed by atoms with van der Waals surface area (Å²) in [5.74, 6) is 1.24. The Kier molecular flexibility index (Phi) is 5.51. The number of methoxy groups -OCH3 is 1. The zero-order valence-corrected chi connectivity index (χ0v) is 19.4. The van der Waals surface area contributed by atoms with Gasteiger partial charge in [-0.3, -0.25) is 14.3 Å². The van der Waals surface area contributed by atoms with Gasteiger partial charge in [-0.1, -0.05) is 0 Å². The number of pyridine rings is 1. The Labute approximate surface area is 194 Å². The lowest BCUT2D eigenvalue weighted by Crippen LogP contribution is -2.36. The number of hydrogen-bond acceptors (Lipinski definition) is 6. The van der Waals surface area contributed by atoms with Crippen LogP contribution < -0.4 is 10.1 Å². The Hall–Kier alpha value is -3.43. The van der Waals surface area contributed by atoms with E-state index in [4.69, 9.17) is 9.47 Å². The molecule has 0 aliphatic carbocycles. The van der Waals surface area contributed by atoms with E-state index in [1.165, 1.54) is 11.3 Å². The van der Waals surface area contributed by atoms with E-state index in [1.54, 1.807) is 35.9 Å². The molecule has 1 atom stereocenters. The first kappa shape index (κ1) is 21.4. The van der Waals surface area contributed by atoms with Gasteiger partial charge in [-0.25, -0.2) is 4.79 Å². The third-order valence-electron chi connectivity index (χ3n) is 5.92. The standard InChI is InChI=1S/C24H24N4O4S/c1-14-11-15-12-16(6-7-18(15)28(14)24(30)25-2)32-19-8-9-26-17-13-20(33-22(17)19)23(29)27-10-4-5-21(27)31-3/h6-9,11-13,21H,4-5,10H2,1-3H3,(H,25,30). The Morgan fingerprint density at radius 3 is 2.85 bits per heavy atom. The maximum atomic E-state index is 13.1. The van der Waals surface area contributed by atoms with Gasteiger partial charge in [0.25, 0.3) is 5.91 Å². The number of aryl methyl sites for hydroxylation is 1. The van der Waals surface area contributed by atoms with E-state index in [0.29, 0.717) is 22.9 Å². The Morgan fingerprint density at radius 2 is 2.06 bits per heavy atom. The maximum absolute atomic E-state index is 13.1. The average molecular weight is 465 g/mol. The molecular formula is C24H24N4O4S. The second kappa shape index (κ2) is 8.49. The fourth-order valence-corrected chi connectivity index (χ4v) is 5.38. The second-order valence-corrected chi connectivity index (χ2v) is 9.02. The van der Waals surface area contributed by atoms with Crippen LogP contribution >= 0.6 is 11.3 Å². The highest BCUT2D eigenvalue weighted by Gasteiger charge is 2.30. The number of fused-ring (bicyclic) bond motifs is 2. The van der Waals surface area contributed by atoms with Gasteiger partial charge >= 0.3 is 6.03 Å².